The van der Waals surface area contributed by atoms with E-state index in [4.69, 9.17) is 10.5 Å². The molecule has 248 valence electrons. The Labute approximate surface area is 270 Å². The molecule has 50 heavy (non-hydrogen) atoms. The Morgan fingerprint density at radius 2 is 0.720 bits per heavy atom. The molecule has 0 aliphatic carbocycles. The second-order valence-electron chi connectivity index (χ2n) is 9.51. The van der Waals surface area contributed by atoms with Crippen molar-refractivity contribution in [2.24, 2.45) is 0 Å². The van der Waals surface area contributed by atoms with Crippen molar-refractivity contribution in [3.63, 3.8) is 0 Å². The molecule has 0 aromatic heterocycles. The molecule has 3 aromatic carbocycles. The van der Waals surface area contributed by atoms with Gasteiger partial charge in [-0.05, 0) is 41.5 Å². The van der Waals surface area contributed by atoms with E-state index in [1.165, 1.54) is 30.3 Å². The van der Waals surface area contributed by atoms with Crippen LogP contribution in [0.15, 0.2) is 30.3 Å². The predicted octanol–water partition coefficient (Wildman–Crippen LogP) is 6.57. The minimum atomic E-state index is -5.65. The average Bonchev–Trinajstić information content (AvgIpc) is 3.02. The van der Waals surface area contributed by atoms with E-state index in [0.29, 0.717) is 6.07 Å². The van der Waals surface area contributed by atoms with Crippen LogP contribution in [0.4, 0.5) is 52.7 Å². The van der Waals surface area contributed by atoms with E-state index in [-0.39, 0.29) is 24.3 Å². The Morgan fingerprint density at radius 3 is 0.980 bits per heavy atom. The van der Waals surface area contributed by atoms with Gasteiger partial charge in [0.15, 0.2) is 0 Å². The number of nitriles is 7. The molecule has 0 radical (unpaired) electrons. The average molecular weight is 703 g/mol. The largest absolute Gasteiger partial charge is 0.417 e. The highest BCUT2D eigenvalue weighted by atomic mass is 19.4. The predicted molar refractivity (Wildman–Crippen MR) is 138 cm³/mol. The molecule has 0 saturated carbocycles. The lowest BCUT2D eigenvalue weighted by Crippen LogP contribution is -2.27. The summed E-state index contributed by atoms with van der Waals surface area (Å²) in [5.74, 6) is 0. The summed E-state index contributed by atoms with van der Waals surface area (Å²) in [5, 5.41) is 65.6. The summed E-state index contributed by atoms with van der Waals surface area (Å²) in [4.78, 5) is 0. The van der Waals surface area contributed by atoms with Crippen LogP contribution in [0, 0.1) is 79.3 Å². The van der Waals surface area contributed by atoms with Gasteiger partial charge in [-0.15, -0.1) is 0 Å². The van der Waals surface area contributed by atoms with Gasteiger partial charge in [-0.2, -0.15) is 89.5 Å². The molecule has 0 fully saturated rings. The van der Waals surface area contributed by atoms with Crippen LogP contribution >= 0.6 is 0 Å². The maximum absolute atomic E-state index is 13.8. The highest BCUT2D eigenvalue weighted by molar-refractivity contribution is 5.84. The Morgan fingerprint density at radius 1 is 0.400 bits per heavy atom. The van der Waals surface area contributed by atoms with E-state index in [0.717, 1.165) is 12.1 Å². The fourth-order valence-electron chi connectivity index (χ4n) is 4.71. The third-order valence-electron chi connectivity index (χ3n) is 6.71. The van der Waals surface area contributed by atoms with Crippen LogP contribution in [0.2, 0.25) is 0 Å². The molecule has 0 aliphatic heterocycles. The topological polar surface area (TPSA) is 167 Å². The Bertz CT molecular complexity index is 2330. The fraction of sp³-hybridized carbons (Fsp3) is 0.129. The van der Waals surface area contributed by atoms with Crippen molar-refractivity contribution in [1.82, 2.24) is 0 Å². The Balaban J connectivity index is 2.78. The van der Waals surface area contributed by atoms with Gasteiger partial charge in [0.25, 0.3) is 0 Å². The maximum atomic E-state index is 13.8. The molecule has 0 atom stereocenters. The van der Waals surface area contributed by atoms with Gasteiger partial charge >= 0.3 is 24.7 Å². The van der Waals surface area contributed by atoms with Gasteiger partial charge in [0, 0.05) is 10.4 Å². The maximum Gasteiger partial charge on any atom is 0.417 e. The zero-order valence-electron chi connectivity index (χ0n) is 23.6. The molecule has 0 N–H and O–H groups in total. The van der Waals surface area contributed by atoms with Crippen molar-refractivity contribution in [3.8, 4) is 42.5 Å². The zero-order valence-corrected chi connectivity index (χ0v) is 23.6. The summed E-state index contributed by atoms with van der Waals surface area (Å²) < 4.78 is 166. The molecule has 0 bridgehead atoms. The number of nitrogens with zero attached hydrogens (tertiary/aromatic N) is 7. The lowest BCUT2D eigenvalue weighted by molar-refractivity contribution is -0.145. The summed E-state index contributed by atoms with van der Waals surface area (Å²) in [6.07, 6.45) is -22.6. The molecule has 3 rings (SSSR count). The molecule has 19 heteroatoms. The standard InChI is InChI=1S/C31H5F12N7/c32-28(33,34)23-2-13(3-24(21(23)11-49)29(35,36)37)17(7-45)16-1-15(6-44)27(20(10-48)19(16)9-47)18(8-46)14-4-25(30(38,39)40)22(12-50)26(5-14)31(41,42)43/h1-5H/b17-16-,27-18+. The Kier molecular flexibility index (Phi) is 9.65. The number of rotatable bonds is 2. The van der Waals surface area contributed by atoms with E-state index >= 15 is 0 Å². The molecule has 0 aliphatic rings. The molecule has 0 heterocycles. The third kappa shape index (κ3) is 6.69. The lowest BCUT2D eigenvalue weighted by Gasteiger charge is -2.17. The van der Waals surface area contributed by atoms with Crippen LogP contribution in [0.3, 0.4) is 0 Å². The van der Waals surface area contributed by atoms with Gasteiger partial charge in [-0.25, -0.2) is 0 Å². The first kappa shape index (κ1) is 37.4. The SMILES string of the molecule is N#C/C(c1cc(C(F)(F)F)c(C#N)c(C(F)(F)F)c1)=c1/c(C#N)c/c(=C(\C#N)c2cc(C(F)(F)F)c(C#N)c(C(F)(F)F)c2)c(C#N)c1C#N. The van der Waals surface area contributed by atoms with E-state index in [9.17, 15) is 79.0 Å². The summed E-state index contributed by atoms with van der Waals surface area (Å²) >= 11 is 0. The quantitative estimate of drug-likeness (QED) is 0.272. The molecule has 0 amide bonds. The molecular formula is C31H5F12N7. The zero-order chi connectivity index (χ0) is 38.1. The first-order chi connectivity index (χ1) is 23.0. The van der Waals surface area contributed by atoms with Crippen LogP contribution in [0.5, 0.6) is 0 Å². The van der Waals surface area contributed by atoms with Gasteiger partial charge in [0.2, 0.25) is 0 Å². The van der Waals surface area contributed by atoms with Crippen molar-refractivity contribution in [3.05, 3.63) is 102 Å². The normalized spacial score (nSPS) is 12.9. The second-order valence-corrected chi connectivity index (χ2v) is 9.51. The van der Waals surface area contributed by atoms with Crippen LogP contribution in [0.1, 0.15) is 61.2 Å². The van der Waals surface area contributed by atoms with E-state index in [1.54, 1.807) is 0 Å². The fourth-order valence-corrected chi connectivity index (χ4v) is 4.71. The second kappa shape index (κ2) is 12.9. The van der Waals surface area contributed by atoms with Crippen molar-refractivity contribution >= 4 is 11.1 Å². The van der Waals surface area contributed by atoms with Gasteiger partial charge in [-0.1, -0.05) is 0 Å². The summed E-state index contributed by atoms with van der Waals surface area (Å²) in [6, 6.07) is 7.98. The number of benzene rings is 3. The van der Waals surface area contributed by atoms with Crippen LogP contribution in [0.25, 0.3) is 11.1 Å². The van der Waals surface area contributed by atoms with E-state index < -0.39 is 107 Å². The lowest BCUT2D eigenvalue weighted by atomic mass is 9.88. The minimum Gasteiger partial charge on any atom is -0.192 e. The Hall–Kier alpha value is -7.01. The molecular weight excluding hydrogens is 698 g/mol. The molecule has 0 spiro atoms. The van der Waals surface area contributed by atoms with Crippen molar-refractivity contribution in [2.75, 3.05) is 0 Å². The first-order valence-corrected chi connectivity index (χ1v) is 12.5. The van der Waals surface area contributed by atoms with Crippen LogP contribution in [-0.4, -0.2) is 0 Å². The highest BCUT2D eigenvalue weighted by Gasteiger charge is 2.43. The summed E-state index contributed by atoms with van der Waals surface area (Å²) in [7, 11) is 0. The van der Waals surface area contributed by atoms with Gasteiger partial charge in [-0.3, -0.25) is 0 Å². The number of hydrogen-bond acceptors (Lipinski definition) is 7. The molecule has 3 aromatic rings. The summed E-state index contributed by atoms with van der Waals surface area (Å²) in [5.41, 5.74) is -21.1. The number of alkyl halides is 12. The molecule has 0 saturated heterocycles. The van der Waals surface area contributed by atoms with Gasteiger partial charge < -0.3 is 0 Å². The van der Waals surface area contributed by atoms with Gasteiger partial charge in [0.05, 0.1) is 67.3 Å². The van der Waals surface area contributed by atoms with Crippen LogP contribution < -0.4 is 10.4 Å². The minimum absolute atomic E-state index is 0.0690. The van der Waals surface area contributed by atoms with E-state index in [1.807, 2.05) is 0 Å². The van der Waals surface area contributed by atoms with Crippen molar-refractivity contribution in [1.29, 1.82) is 36.8 Å². The van der Waals surface area contributed by atoms with Crippen molar-refractivity contribution < 1.29 is 52.7 Å². The molecule has 7 nitrogen and oxygen atoms in total. The van der Waals surface area contributed by atoms with E-state index in [2.05, 4.69) is 0 Å². The highest BCUT2D eigenvalue weighted by Crippen LogP contribution is 2.42. The number of hydrogen-bond donors (Lipinski definition) is 0. The van der Waals surface area contributed by atoms with Gasteiger partial charge in [0.1, 0.15) is 36.4 Å². The monoisotopic (exact) mass is 703 g/mol. The summed E-state index contributed by atoms with van der Waals surface area (Å²) in [6.45, 7) is 0. The van der Waals surface area contributed by atoms with Crippen LogP contribution in [-0.2, 0) is 24.7 Å². The molecule has 0 unspecified atom stereocenters. The smallest absolute Gasteiger partial charge is 0.192 e. The van der Waals surface area contributed by atoms with Crippen molar-refractivity contribution in [2.45, 2.75) is 24.7 Å². The third-order valence-corrected chi connectivity index (χ3v) is 6.71. The number of halogens is 12. The first-order valence-electron chi connectivity index (χ1n) is 12.5.